The summed E-state index contributed by atoms with van der Waals surface area (Å²) >= 11 is 0. The van der Waals surface area contributed by atoms with E-state index in [1.165, 1.54) is 0 Å². The van der Waals surface area contributed by atoms with Gasteiger partial charge in [-0.25, -0.2) is 0 Å². The van der Waals surface area contributed by atoms with E-state index in [1.54, 1.807) is 0 Å². The van der Waals surface area contributed by atoms with E-state index in [0.29, 0.717) is 52.7 Å². The molecule has 2 unspecified atom stereocenters. The summed E-state index contributed by atoms with van der Waals surface area (Å²) in [6.07, 6.45) is -0.424. The minimum Gasteiger partial charge on any atom is -0.391 e. The van der Waals surface area contributed by atoms with E-state index in [0.717, 1.165) is 0 Å². The molecule has 0 aliphatic heterocycles. The van der Waals surface area contributed by atoms with Gasteiger partial charge in [0.05, 0.1) is 65.1 Å². The van der Waals surface area contributed by atoms with Crippen molar-refractivity contribution in [2.45, 2.75) is 25.6 Å². The van der Waals surface area contributed by atoms with Gasteiger partial charge >= 0.3 is 0 Å². The molecule has 0 saturated carbocycles. The molecular formula is C13H28NO6. The van der Waals surface area contributed by atoms with Crippen molar-refractivity contribution >= 4 is 0 Å². The van der Waals surface area contributed by atoms with E-state index < -0.39 is 12.2 Å². The van der Waals surface area contributed by atoms with E-state index in [4.69, 9.17) is 29.8 Å². The van der Waals surface area contributed by atoms with Crippen LogP contribution in [-0.4, -0.2) is 81.8 Å². The number of hydrogen-bond donors (Lipinski definition) is 2. The topological polar surface area (TPSA) is 101 Å². The third kappa shape index (κ3) is 14.1. The molecule has 7 heteroatoms. The van der Waals surface area contributed by atoms with Crippen molar-refractivity contribution in [3.8, 4) is 0 Å². The molecule has 0 saturated heterocycles. The molecule has 0 aromatic heterocycles. The molecule has 0 aromatic carbocycles. The number of nitrogens with one attached hydrogen (secondary N) is 1. The van der Waals surface area contributed by atoms with Gasteiger partial charge in [-0.15, -0.1) is 0 Å². The van der Waals surface area contributed by atoms with Crippen molar-refractivity contribution in [2.24, 2.45) is 0 Å². The smallest absolute Gasteiger partial charge is 0.0911 e. The van der Waals surface area contributed by atoms with Gasteiger partial charge < -0.3 is 29.2 Å². The molecule has 2 atom stereocenters. The van der Waals surface area contributed by atoms with Crippen LogP contribution in [0.25, 0.3) is 0 Å². The van der Waals surface area contributed by atoms with Gasteiger partial charge in [-0.1, -0.05) is 6.92 Å². The van der Waals surface area contributed by atoms with Gasteiger partial charge in [-0.3, -0.25) is 5.73 Å². The summed E-state index contributed by atoms with van der Waals surface area (Å²) in [7, 11) is 0. The molecule has 0 aliphatic carbocycles. The number of ether oxygens (including phenoxy) is 4. The molecule has 0 amide bonds. The highest BCUT2D eigenvalue weighted by Gasteiger charge is 2.01. The van der Waals surface area contributed by atoms with Crippen LogP contribution in [0.3, 0.4) is 0 Å². The van der Waals surface area contributed by atoms with Crippen molar-refractivity contribution in [1.29, 1.82) is 0 Å². The first-order valence-electron chi connectivity index (χ1n) is 7.02. The molecule has 121 valence electrons. The second-order valence-electron chi connectivity index (χ2n) is 4.29. The fourth-order valence-electron chi connectivity index (χ4n) is 1.17. The number of hydrogen-bond acceptors (Lipinski definition) is 6. The Morgan fingerprint density at radius 3 is 1.55 bits per heavy atom. The Morgan fingerprint density at radius 2 is 1.15 bits per heavy atom. The summed E-state index contributed by atoms with van der Waals surface area (Å²) in [6, 6.07) is 0. The van der Waals surface area contributed by atoms with Crippen LogP contribution in [-0.2, 0) is 18.9 Å². The third-order valence-corrected chi connectivity index (χ3v) is 2.44. The highest BCUT2D eigenvalue weighted by molar-refractivity contribution is 4.51. The van der Waals surface area contributed by atoms with Crippen LogP contribution in [0, 0.1) is 0 Å². The lowest BCUT2D eigenvalue weighted by atomic mass is 10.3. The zero-order chi connectivity index (χ0) is 15.1. The fraction of sp³-hybridized carbons (Fsp3) is 1.00. The van der Waals surface area contributed by atoms with E-state index in [2.05, 4.69) is 0 Å². The quantitative estimate of drug-likeness (QED) is 0.394. The molecule has 0 aromatic rings. The molecule has 1 radical (unpaired) electrons. The summed E-state index contributed by atoms with van der Waals surface area (Å²) in [6.45, 7) is 5.10. The lowest BCUT2D eigenvalue weighted by Gasteiger charge is -2.10. The van der Waals surface area contributed by atoms with Gasteiger partial charge in [0.2, 0.25) is 0 Å². The molecule has 3 N–H and O–H groups in total. The maximum atomic E-state index is 9.23. The molecule has 0 spiro atoms. The van der Waals surface area contributed by atoms with Gasteiger partial charge in [0.15, 0.2) is 0 Å². The number of aliphatic hydroxyl groups excluding tert-OH is 2. The summed E-state index contributed by atoms with van der Waals surface area (Å²) in [5, 5.41) is 18.3. The molecule has 7 nitrogen and oxygen atoms in total. The van der Waals surface area contributed by atoms with Crippen LogP contribution >= 0.6 is 0 Å². The molecule has 0 aliphatic rings. The van der Waals surface area contributed by atoms with E-state index >= 15 is 0 Å². The van der Waals surface area contributed by atoms with E-state index in [9.17, 15) is 5.11 Å². The van der Waals surface area contributed by atoms with Crippen molar-refractivity contribution in [3.05, 3.63) is 0 Å². The van der Waals surface area contributed by atoms with Crippen LogP contribution in [0.2, 0.25) is 0 Å². The molecule has 0 rings (SSSR count). The highest BCUT2D eigenvalue weighted by Crippen LogP contribution is 1.90. The Kier molecular flexibility index (Phi) is 14.9. The third-order valence-electron chi connectivity index (χ3n) is 2.44. The summed E-state index contributed by atoms with van der Waals surface area (Å²) in [4.78, 5) is 0. The van der Waals surface area contributed by atoms with Crippen molar-refractivity contribution in [2.75, 3.05) is 59.4 Å². The minimum atomic E-state index is -0.718. The van der Waals surface area contributed by atoms with Crippen LogP contribution < -0.4 is 5.73 Å². The van der Waals surface area contributed by atoms with Gasteiger partial charge in [-0.05, 0) is 6.42 Å². The van der Waals surface area contributed by atoms with Crippen molar-refractivity contribution in [1.82, 2.24) is 5.73 Å². The molecule has 0 fully saturated rings. The second kappa shape index (κ2) is 15.1. The molecule has 0 heterocycles. The highest BCUT2D eigenvalue weighted by atomic mass is 16.6. The Bertz CT molecular complexity index is 176. The Hall–Kier alpha value is -0.280. The van der Waals surface area contributed by atoms with Crippen LogP contribution in [0.5, 0.6) is 0 Å². The average molecular weight is 294 g/mol. The van der Waals surface area contributed by atoms with Crippen LogP contribution in [0.1, 0.15) is 13.3 Å². The van der Waals surface area contributed by atoms with Crippen molar-refractivity contribution in [3.63, 3.8) is 0 Å². The zero-order valence-corrected chi connectivity index (χ0v) is 12.3. The lowest BCUT2D eigenvalue weighted by molar-refractivity contribution is -0.0238. The Labute approximate surface area is 121 Å². The minimum absolute atomic E-state index is 0.0496. The first-order valence-corrected chi connectivity index (χ1v) is 7.02. The predicted molar refractivity (Wildman–Crippen MR) is 73.5 cm³/mol. The first kappa shape index (κ1) is 19.7. The number of rotatable bonds is 15. The lowest BCUT2D eigenvalue weighted by Crippen LogP contribution is -2.22. The van der Waals surface area contributed by atoms with Crippen molar-refractivity contribution < 1.29 is 29.2 Å². The predicted octanol–water partition coefficient (Wildman–Crippen LogP) is -0.532. The largest absolute Gasteiger partial charge is 0.391 e. The second-order valence-corrected chi connectivity index (χ2v) is 4.29. The molecule has 20 heavy (non-hydrogen) atoms. The van der Waals surface area contributed by atoms with Gasteiger partial charge in [-0.2, -0.15) is 0 Å². The summed E-state index contributed by atoms with van der Waals surface area (Å²) < 4.78 is 20.8. The normalized spacial score (nSPS) is 14.4. The first-order chi connectivity index (χ1) is 9.70. The summed E-state index contributed by atoms with van der Waals surface area (Å²) in [5.41, 5.74) is 6.88. The fourth-order valence-corrected chi connectivity index (χ4v) is 1.17. The summed E-state index contributed by atoms with van der Waals surface area (Å²) in [5.74, 6) is 0. The maximum absolute atomic E-state index is 9.23. The average Bonchev–Trinajstić information content (AvgIpc) is 2.47. The van der Waals surface area contributed by atoms with E-state index in [1.807, 2.05) is 6.92 Å². The Balaban J connectivity index is 3.03. The Morgan fingerprint density at radius 1 is 0.750 bits per heavy atom. The molecule has 0 bridgehead atoms. The number of aliphatic hydroxyl groups is 2. The standard InChI is InChI=1S/C13H28NO6/c1-2-12(15)10-19-7-5-17-3-4-18-6-8-20-11-13(16)9-14/h12-16H,2-11H2,1H3. The maximum Gasteiger partial charge on any atom is 0.0911 e. The van der Waals surface area contributed by atoms with Crippen LogP contribution in [0.4, 0.5) is 0 Å². The van der Waals surface area contributed by atoms with Crippen LogP contribution in [0.15, 0.2) is 0 Å². The van der Waals surface area contributed by atoms with E-state index in [-0.39, 0.29) is 13.2 Å². The van der Waals surface area contributed by atoms with Gasteiger partial charge in [0.25, 0.3) is 0 Å². The van der Waals surface area contributed by atoms with Gasteiger partial charge in [0.1, 0.15) is 0 Å². The molecular weight excluding hydrogens is 266 g/mol. The zero-order valence-electron chi connectivity index (χ0n) is 12.3. The SMILES string of the molecule is CCC(O)COCCOCCOCCOCC(O)C[NH]. The monoisotopic (exact) mass is 294 g/mol. The van der Waals surface area contributed by atoms with Gasteiger partial charge in [0, 0.05) is 6.54 Å².